The molecule has 17 nitrogen and oxygen atoms in total. The predicted octanol–water partition coefficient (Wildman–Crippen LogP) is 18.5. The van der Waals surface area contributed by atoms with E-state index in [-0.39, 0.29) is 25.7 Å². The van der Waals surface area contributed by atoms with Crippen LogP contribution in [0.3, 0.4) is 0 Å². The minimum Gasteiger partial charge on any atom is -0.462 e. The van der Waals surface area contributed by atoms with Gasteiger partial charge in [0.05, 0.1) is 26.4 Å². The number of ether oxygens (including phenoxy) is 4. The van der Waals surface area contributed by atoms with Crippen LogP contribution in [0.15, 0.2) is 24.3 Å². The number of hydrogen-bond acceptors (Lipinski definition) is 15. The van der Waals surface area contributed by atoms with Crippen LogP contribution in [0.1, 0.15) is 317 Å². The summed E-state index contributed by atoms with van der Waals surface area (Å²) in [5.41, 5.74) is 0. The zero-order valence-electron chi connectivity index (χ0n) is 54.9. The Kier molecular flexibility index (Phi) is 58.4. The molecule has 0 radical (unpaired) electrons. The highest BCUT2D eigenvalue weighted by atomic mass is 31.2. The zero-order valence-corrected chi connectivity index (χ0v) is 56.7. The molecule has 86 heavy (non-hydrogen) atoms. The van der Waals surface area contributed by atoms with E-state index in [9.17, 15) is 43.2 Å². The normalized spacial score (nSPS) is 14.3. The molecule has 2 unspecified atom stereocenters. The quantitative estimate of drug-likeness (QED) is 0.0169. The molecule has 506 valence electrons. The minimum absolute atomic E-state index is 0.0852. The molecule has 0 heterocycles. The molecule has 0 bridgehead atoms. The second-order valence-electron chi connectivity index (χ2n) is 24.0. The molecule has 0 aliphatic carbocycles. The second-order valence-corrected chi connectivity index (χ2v) is 26.9. The maximum Gasteiger partial charge on any atom is 0.472 e. The maximum atomic E-state index is 13.0. The number of aliphatic hydroxyl groups excluding tert-OH is 1. The van der Waals surface area contributed by atoms with Crippen LogP contribution in [-0.2, 0) is 65.4 Å². The van der Waals surface area contributed by atoms with Gasteiger partial charge in [0.2, 0.25) is 0 Å². The fraction of sp³-hybridized carbons (Fsp3) is 0.881. The summed E-state index contributed by atoms with van der Waals surface area (Å²) in [5, 5.41) is 10.5. The molecule has 0 aromatic carbocycles. The highest BCUT2D eigenvalue weighted by molar-refractivity contribution is 7.47. The highest BCUT2D eigenvalue weighted by Crippen LogP contribution is 2.45. The fourth-order valence-electron chi connectivity index (χ4n) is 9.57. The van der Waals surface area contributed by atoms with Crippen molar-refractivity contribution in [3.05, 3.63) is 24.3 Å². The van der Waals surface area contributed by atoms with Crippen molar-refractivity contribution in [3.63, 3.8) is 0 Å². The summed E-state index contributed by atoms with van der Waals surface area (Å²) in [6, 6.07) is 0. The van der Waals surface area contributed by atoms with E-state index >= 15 is 0 Å². The van der Waals surface area contributed by atoms with Gasteiger partial charge in [0.15, 0.2) is 12.2 Å². The van der Waals surface area contributed by atoms with Crippen LogP contribution in [0.5, 0.6) is 0 Å². The van der Waals surface area contributed by atoms with Crippen LogP contribution in [0.2, 0.25) is 0 Å². The summed E-state index contributed by atoms with van der Waals surface area (Å²) in [6.45, 7) is 7.06. The van der Waals surface area contributed by atoms with E-state index < -0.39 is 97.5 Å². The lowest BCUT2D eigenvalue weighted by molar-refractivity contribution is -0.161. The van der Waals surface area contributed by atoms with Gasteiger partial charge in [-0.15, -0.1) is 0 Å². The second kappa shape index (κ2) is 60.1. The van der Waals surface area contributed by atoms with Gasteiger partial charge in [0.1, 0.15) is 19.3 Å². The number of carbonyl (C=O) groups is 4. The Balaban J connectivity index is 5.27. The number of allylic oxidation sites excluding steroid dienone is 4. The summed E-state index contributed by atoms with van der Waals surface area (Å²) in [6.07, 6.45) is 48.1. The highest BCUT2D eigenvalue weighted by Gasteiger charge is 2.30. The molecule has 5 atom stereocenters. The molecule has 0 amide bonds. The van der Waals surface area contributed by atoms with Gasteiger partial charge in [0.25, 0.3) is 0 Å². The van der Waals surface area contributed by atoms with Gasteiger partial charge in [-0.1, -0.05) is 264 Å². The summed E-state index contributed by atoms with van der Waals surface area (Å²) in [7, 11) is -9.90. The SMILES string of the molecule is CCCCCC/C=C\C=C/CCCCCCCC(=O)O[C@H](COC(=O)CCCCCCCCCCCCCC)COP(=O)(O)OC[C@@H](O)COP(=O)(O)OC[C@@H](COC(=O)CCCCCCCCC(C)C)OC(=O)CCCCCCCCCCCC. The molecular weight excluding hydrogens is 1140 g/mol. The summed E-state index contributed by atoms with van der Waals surface area (Å²) < 4.78 is 68.0. The number of phosphoric ester groups is 2. The number of hydrogen-bond donors (Lipinski definition) is 3. The van der Waals surface area contributed by atoms with Crippen LogP contribution >= 0.6 is 15.6 Å². The summed E-state index contributed by atoms with van der Waals surface area (Å²) in [4.78, 5) is 72.3. The average Bonchev–Trinajstić information content (AvgIpc) is 3.70. The molecule has 0 fully saturated rings. The van der Waals surface area contributed by atoms with E-state index in [1.54, 1.807) is 0 Å². The van der Waals surface area contributed by atoms with Gasteiger partial charge in [-0.05, 0) is 57.3 Å². The lowest BCUT2D eigenvalue weighted by Gasteiger charge is -2.21. The lowest BCUT2D eigenvalue weighted by atomic mass is 10.0. The van der Waals surface area contributed by atoms with E-state index in [1.807, 2.05) is 0 Å². The number of unbranched alkanes of at least 4 members (excludes halogenated alkanes) is 34. The molecule has 0 aromatic rings. The van der Waals surface area contributed by atoms with Gasteiger partial charge in [-0.3, -0.25) is 37.3 Å². The Morgan fingerprint density at radius 3 is 0.953 bits per heavy atom. The van der Waals surface area contributed by atoms with Crippen molar-refractivity contribution in [2.75, 3.05) is 39.6 Å². The Hall–Kier alpha value is -2.46. The standard InChI is InChI=1S/C67H126O17P2/c1-6-9-12-15-18-21-24-26-27-28-30-33-36-43-48-53-67(72)83-62(56-77-64(69)50-45-40-34-32-29-25-22-19-16-13-10-7-2)58-81-85(73,74)79-54-61(68)55-80-86(75,76)82-59-63(57-78-65(70)51-46-41-38-37-39-44-49-60(4)5)84-66(71)52-47-42-35-31-23-20-17-14-11-8-3/h21,24,26-27,60-63,68H,6-20,22-23,25,28-59H2,1-5H3,(H,73,74)(H,75,76)/b24-21-,27-26-/t61-,62-,63-/m1/s1. The molecule has 0 rings (SSSR count). The lowest BCUT2D eigenvalue weighted by Crippen LogP contribution is -2.30. The first-order valence-electron chi connectivity index (χ1n) is 34.5. The smallest absolute Gasteiger partial charge is 0.462 e. The van der Waals surface area contributed by atoms with Crippen molar-refractivity contribution in [2.45, 2.75) is 335 Å². The van der Waals surface area contributed by atoms with Crippen molar-refractivity contribution in [3.8, 4) is 0 Å². The topological polar surface area (TPSA) is 237 Å². The van der Waals surface area contributed by atoms with Gasteiger partial charge >= 0.3 is 39.5 Å². The van der Waals surface area contributed by atoms with E-state index in [1.165, 1.54) is 122 Å². The first kappa shape index (κ1) is 83.5. The van der Waals surface area contributed by atoms with Crippen LogP contribution in [0.25, 0.3) is 0 Å². The largest absolute Gasteiger partial charge is 0.472 e. The first-order valence-corrected chi connectivity index (χ1v) is 37.4. The van der Waals surface area contributed by atoms with Crippen LogP contribution in [0.4, 0.5) is 0 Å². The van der Waals surface area contributed by atoms with Gasteiger partial charge in [-0.25, -0.2) is 9.13 Å². The first-order chi connectivity index (χ1) is 41.5. The summed E-state index contributed by atoms with van der Waals surface area (Å²) >= 11 is 0. The van der Waals surface area contributed by atoms with Gasteiger partial charge in [-0.2, -0.15) is 0 Å². The molecule has 0 saturated heterocycles. The fourth-order valence-corrected chi connectivity index (χ4v) is 11.2. The Morgan fingerprint density at radius 1 is 0.360 bits per heavy atom. The van der Waals surface area contributed by atoms with Crippen molar-refractivity contribution in [1.82, 2.24) is 0 Å². The summed E-state index contributed by atoms with van der Waals surface area (Å²) in [5.74, 6) is -1.48. The van der Waals surface area contributed by atoms with E-state index in [4.69, 9.17) is 37.0 Å². The van der Waals surface area contributed by atoms with E-state index in [0.717, 1.165) is 109 Å². The van der Waals surface area contributed by atoms with Crippen LogP contribution in [0, 0.1) is 5.92 Å². The Morgan fingerprint density at radius 2 is 0.628 bits per heavy atom. The van der Waals surface area contributed by atoms with Gasteiger partial charge in [0, 0.05) is 25.7 Å². The molecule has 0 spiro atoms. The van der Waals surface area contributed by atoms with Crippen LogP contribution in [-0.4, -0.2) is 96.7 Å². The zero-order chi connectivity index (χ0) is 63.5. The Bertz CT molecular complexity index is 1760. The third kappa shape index (κ3) is 60.5. The predicted molar refractivity (Wildman–Crippen MR) is 344 cm³/mol. The Labute approximate surface area is 522 Å². The number of carbonyl (C=O) groups excluding carboxylic acids is 4. The molecule has 0 aliphatic heterocycles. The van der Waals surface area contributed by atoms with Crippen molar-refractivity contribution in [1.29, 1.82) is 0 Å². The van der Waals surface area contributed by atoms with Crippen LogP contribution < -0.4 is 0 Å². The molecule has 3 N–H and O–H groups in total. The minimum atomic E-state index is -4.96. The molecule has 0 saturated carbocycles. The monoisotopic (exact) mass is 1260 g/mol. The third-order valence-electron chi connectivity index (χ3n) is 14.9. The average molecular weight is 1270 g/mol. The van der Waals surface area contributed by atoms with E-state index in [2.05, 4.69) is 58.9 Å². The number of esters is 4. The third-order valence-corrected chi connectivity index (χ3v) is 16.8. The maximum absolute atomic E-state index is 13.0. The van der Waals surface area contributed by atoms with E-state index in [0.29, 0.717) is 31.6 Å². The number of phosphoric acid groups is 2. The molecule has 0 aliphatic rings. The molecular formula is C67H126O17P2. The molecule has 19 heteroatoms. The molecule has 0 aromatic heterocycles. The van der Waals surface area contributed by atoms with Crippen molar-refractivity contribution < 1.29 is 80.2 Å². The number of aliphatic hydroxyl groups is 1. The van der Waals surface area contributed by atoms with Crippen molar-refractivity contribution in [2.24, 2.45) is 5.92 Å². The number of rotatable bonds is 65. The van der Waals surface area contributed by atoms with Gasteiger partial charge < -0.3 is 33.8 Å². The van der Waals surface area contributed by atoms with Crippen molar-refractivity contribution >= 4 is 39.5 Å².